The molecule has 7 rings (SSSR count). The van der Waals surface area contributed by atoms with E-state index in [9.17, 15) is 23.8 Å². The van der Waals surface area contributed by atoms with Crippen LogP contribution in [0.1, 0.15) is 71.1 Å². The van der Waals surface area contributed by atoms with Gasteiger partial charge < -0.3 is 19.8 Å². The zero-order valence-corrected chi connectivity index (χ0v) is 21.0. The third-order valence-electron chi connectivity index (χ3n) is 8.09. The van der Waals surface area contributed by atoms with E-state index in [1.807, 2.05) is 12.1 Å². The highest BCUT2D eigenvalue weighted by Crippen LogP contribution is 2.53. The van der Waals surface area contributed by atoms with Crippen LogP contribution in [0.25, 0.3) is 16.6 Å². The summed E-state index contributed by atoms with van der Waals surface area (Å²) < 4.78 is 33.1. The Bertz CT molecular complexity index is 1650. The van der Waals surface area contributed by atoms with E-state index in [4.69, 9.17) is 9.84 Å². The Morgan fingerprint density at radius 1 is 1.10 bits per heavy atom. The van der Waals surface area contributed by atoms with Gasteiger partial charge in [0.25, 0.3) is 5.91 Å². The molecule has 0 saturated heterocycles. The Morgan fingerprint density at radius 2 is 1.85 bits per heavy atom. The molecule has 3 aliphatic rings. The average Bonchev–Trinajstić information content (AvgIpc) is 3.40. The van der Waals surface area contributed by atoms with Crippen LogP contribution in [0.2, 0.25) is 0 Å². The van der Waals surface area contributed by atoms with E-state index < -0.39 is 23.7 Å². The van der Waals surface area contributed by atoms with Gasteiger partial charge in [-0.3, -0.25) is 4.79 Å². The van der Waals surface area contributed by atoms with Crippen LogP contribution in [0.3, 0.4) is 0 Å². The molecule has 2 atom stereocenters. The Morgan fingerprint density at radius 3 is 2.54 bits per heavy atom. The zero-order valence-electron chi connectivity index (χ0n) is 21.0. The summed E-state index contributed by atoms with van der Waals surface area (Å²) in [6, 6.07) is 4.99. The van der Waals surface area contributed by atoms with Crippen molar-refractivity contribution < 1.29 is 28.5 Å². The lowest BCUT2D eigenvalue weighted by molar-refractivity contribution is -0.180. The Hall–Kier alpha value is -4.03. The Balaban J connectivity index is 1.33. The van der Waals surface area contributed by atoms with Crippen molar-refractivity contribution in [3.05, 3.63) is 71.2 Å². The van der Waals surface area contributed by atoms with E-state index in [2.05, 4.69) is 15.0 Å². The number of carbonyl (C=O) groups is 1. The molecule has 0 spiro atoms. The van der Waals surface area contributed by atoms with Crippen LogP contribution in [0, 0.1) is 0 Å². The number of rotatable bonds is 4. The number of aromatic nitrogens is 5. The molecule has 2 N–H and O–H groups in total. The van der Waals surface area contributed by atoms with Gasteiger partial charge in [-0.15, -0.1) is 0 Å². The van der Waals surface area contributed by atoms with Gasteiger partial charge in [0.05, 0.1) is 28.4 Å². The number of amides is 1. The fraction of sp³-hybridized carbons (Fsp3) is 0.370. The van der Waals surface area contributed by atoms with Crippen LogP contribution in [0.5, 0.6) is 5.88 Å². The minimum absolute atomic E-state index is 0.167. The first-order chi connectivity index (χ1) is 18.5. The molecule has 0 aromatic carbocycles. The fourth-order valence-corrected chi connectivity index (χ4v) is 6.49. The second kappa shape index (κ2) is 7.99. The maximum Gasteiger partial charge on any atom is 0.388 e. The number of hydrogen-bond acceptors (Lipinski definition) is 8. The third kappa shape index (κ3) is 3.54. The number of halogens is 2. The first-order valence-electron chi connectivity index (χ1n) is 12.6. The second-order valence-electron chi connectivity index (χ2n) is 10.9. The van der Waals surface area contributed by atoms with E-state index in [0.29, 0.717) is 23.2 Å². The normalized spacial score (nSPS) is 27.4. The van der Waals surface area contributed by atoms with E-state index in [-0.39, 0.29) is 42.1 Å². The smallest absolute Gasteiger partial charge is 0.388 e. The first kappa shape index (κ1) is 24.0. The maximum atomic E-state index is 13.3. The number of fused-ring (bicyclic) bond motifs is 9. The van der Waals surface area contributed by atoms with E-state index in [0.717, 1.165) is 16.6 Å². The molecule has 1 fully saturated rings. The summed E-state index contributed by atoms with van der Waals surface area (Å²) in [5.41, 5.74) is 2.24. The van der Waals surface area contributed by atoms with E-state index >= 15 is 0 Å². The van der Waals surface area contributed by atoms with Gasteiger partial charge in [-0.2, -0.15) is 13.9 Å². The molecule has 200 valence electrons. The molecular weight excluding hydrogens is 510 g/mol. The van der Waals surface area contributed by atoms with Crippen molar-refractivity contribution in [2.75, 3.05) is 7.05 Å². The van der Waals surface area contributed by atoms with Crippen molar-refractivity contribution in [2.24, 2.45) is 0 Å². The summed E-state index contributed by atoms with van der Waals surface area (Å²) in [6.07, 6.45) is 7.15. The minimum atomic E-state index is -3.08. The molecule has 39 heavy (non-hydrogen) atoms. The van der Waals surface area contributed by atoms with Crippen molar-refractivity contribution in [3.8, 4) is 17.0 Å². The highest BCUT2D eigenvalue weighted by molar-refractivity contribution is 5.98. The molecule has 2 unspecified atom stereocenters. The average molecular weight is 535 g/mol. The Labute approximate surface area is 220 Å². The molecule has 1 aliphatic heterocycles. The highest BCUT2D eigenvalue weighted by Gasteiger charge is 2.53. The minimum Gasteiger partial charge on any atom is -0.417 e. The maximum absolute atomic E-state index is 13.3. The number of pyridine rings is 2. The lowest BCUT2D eigenvalue weighted by Gasteiger charge is -2.46. The number of alkyl halides is 2. The van der Waals surface area contributed by atoms with Crippen molar-refractivity contribution in [1.29, 1.82) is 0 Å². The lowest BCUT2D eigenvalue weighted by atomic mass is 9.68. The molecule has 12 heteroatoms. The van der Waals surface area contributed by atoms with Crippen LogP contribution in [-0.4, -0.2) is 64.8 Å². The van der Waals surface area contributed by atoms with Gasteiger partial charge in [0.1, 0.15) is 5.60 Å². The molecule has 4 aromatic rings. The predicted molar refractivity (Wildman–Crippen MR) is 132 cm³/mol. The fourth-order valence-electron chi connectivity index (χ4n) is 6.49. The number of ether oxygens (including phenoxy) is 1. The molecule has 4 aromatic heterocycles. The van der Waals surface area contributed by atoms with Gasteiger partial charge in [0.2, 0.25) is 5.88 Å². The molecule has 1 saturated carbocycles. The van der Waals surface area contributed by atoms with Crippen LogP contribution in [0.15, 0.2) is 43.0 Å². The summed E-state index contributed by atoms with van der Waals surface area (Å²) >= 11 is 0. The van der Waals surface area contributed by atoms with Gasteiger partial charge in [-0.05, 0) is 37.1 Å². The quantitative estimate of drug-likeness (QED) is 0.409. The number of nitrogens with zero attached hydrogens (tertiary/aromatic N) is 6. The van der Waals surface area contributed by atoms with Crippen molar-refractivity contribution >= 4 is 11.4 Å². The predicted octanol–water partition coefficient (Wildman–Crippen LogP) is 3.18. The standard InChI is InChI=1S/C27H24F2N6O4/c1-26(37)11-27(38,12-26)24-31-9-14(10-32-24)13-4-6-35-17(7-13)20-16-8-18(21(20)33-35)34(2)23(36)15-3-5-30-22(19(15)16)39-25(28)29/h3-7,9-10,16,18,25,37-38H,8,11-12H2,1-2H3. The van der Waals surface area contributed by atoms with Crippen LogP contribution in [-0.2, 0) is 5.60 Å². The van der Waals surface area contributed by atoms with Crippen LogP contribution < -0.4 is 4.74 Å². The second-order valence-corrected chi connectivity index (χ2v) is 10.9. The summed E-state index contributed by atoms with van der Waals surface area (Å²) in [4.78, 5) is 27.7. The highest BCUT2D eigenvalue weighted by atomic mass is 19.3. The van der Waals surface area contributed by atoms with Gasteiger partial charge in [-0.25, -0.2) is 19.5 Å². The van der Waals surface area contributed by atoms with E-state index in [1.54, 1.807) is 42.0 Å². The van der Waals surface area contributed by atoms with Gasteiger partial charge in [0.15, 0.2) is 5.82 Å². The molecule has 5 heterocycles. The summed E-state index contributed by atoms with van der Waals surface area (Å²) in [5, 5.41) is 25.5. The summed E-state index contributed by atoms with van der Waals surface area (Å²) in [5.74, 6) is -0.717. The largest absolute Gasteiger partial charge is 0.417 e. The van der Waals surface area contributed by atoms with Gasteiger partial charge in [0, 0.05) is 67.3 Å². The SMILES string of the molecule is CN1C(=O)c2ccnc(OC(F)F)c2C2CC1c1nn3ccc(-c4cnc(C5(O)CC(C)(O)C5)nc4)cc3c12. The Kier molecular flexibility index (Phi) is 4.93. The van der Waals surface area contributed by atoms with E-state index in [1.165, 1.54) is 12.3 Å². The topological polar surface area (TPSA) is 126 Å². The third-order valence-corrected chi connectivity index (χ3v) is 8.09. The van der Waals surface area contributed by atoms with Crippen molar-refractivity contribution in [3.63, 3.8) is 0 Å². The van der Waals surface area contributed by atoms with Gasteiger partial charge >= 0.3 is 6.61 Å². The molecular formula is C27H24F2N6O4. The number of carbonyl (C=O) groups excluding carboxylic acids is 1. The molecule has 2 aliphatic carbocycles. The zero-order chi connectivity index (χ0) is 27.3. The molecule has 0 radical (unpaired) electrons. The molecule has 1 amide bonds. The first-order valence-corrected chi connectivity index (χ1v) is 12.6. The van der Waals surface area contributed by atoms with Gasteiger partial charge in [-0.1, -0.05) is 0 Å². The van der Waals surface area contributed by atoms with Crippen molar-refractivity contribution in [2.45, 2.75) is 56.0 Å². The van der Waals surface area contributed by atoms with Crippen LogP contribution >= 0.6 is 0 Å². The van der Waals surface area contributed by atoms with Crippen molar-refractivity contribution in [1.82, 2.24) is 29.5 Å². The van der Waals surface area contributed by atoms with Crippen LogP contribution in [0.4, 0.5) is 8.78 Å². The number of hydrogen-bond donors (Lipinski definition) is 2. The molecule has 10 nitrogen and oxygen atoms in total. The number of aliphatic hydroxyl groups is 2. The summed E-state index contributed by atoms with van der Waals surface area (Å²) in [7, 11) is 1.69. The molecule has 2 bridgehead atoms. The summed E-state index contributed by atoms with van der Waals surface area (Å²) in [6.45, 7) is -1.42. The monoisotopic (exact) mass is 534 g/mol. The lowest BCUT2D eigenvalue weighted by Crippen LogP contribution is -2.53.